The van der Waals surface area contributed by atoms with Gasteiger partial charge < -0.3 is 11.1 Å². The van der Waals surface area contributed by atoms with E-state index >= 15 is 0 Å². The van der Waals surface area contributed by atoms with Crippen molar-refractivity contribution in [2.45, 2.75) is 19.8 Å². The van der Waals surface area contributed by atoms with Gasteiger partial charge in [-0.15, -0.1) is 0 Å². The van der Waals surface area contributed by atoms with Crippen LogP contribution in [0.5, 0.6) is 0 Å². The smallest absolute Gasteiger partial charge is 0.152 e. The van der Waals surface area contributed by atoms with E-state index in [4.69, 9.17) is 5.73 Å². The van der Waals surface area contributed by atoms with Crippen molar-refractivity contribution in [2.24, 2.45) is 7.05 Å². The van der Waals surface area contributed by atoms with Crippen molar-refractivity contribution in [3.8, 4) is 0 Å². The predicted molar refractivity (Wildman–Crippen MR) is 71.3 cm³/mol. The molecule has 18 heavy (non-hydrogen) atoms. The summed E-state index contributed by atoms with van der Waals surface area (Å²) in [7, 11) is 1.83. The minimum absolute atomic E-state index is 0.259. The van der Waals surface area contributed by atoms with Crippen molar-refractivity contribution in [3.63, 3.8) is 0 Å². The Balaban J connectivity index is 2.26. The van der Waals surface area contributed by atoms with Gasteiger partial charge in [-0.05, 0) is 30.7 Å². The summed E-state index contributed by atoms with van der Waals surface area (Å²) in [6.45, 7) is 2.08. The molecule has 0 spiro atoms. The fourth-order valence-corrected chi connectivity index (χ4v) is 1.84. The summed E-state index contributed by atoms with van der Waals surface area (Å²) in [5.41, 5.74) is 8.38. The van der Waals surface area contributed by atoms with Crippen molar-refractivity contribution >= 4 is 17.2 Å². The zero-order chi connectivity index (χ0) is 13.1. The lowest BCUT2D eigenvalue weighted by molar-refractivity contribution is 0.628. The Hall–Kier alpha value is -2.04. The largest absolute Gasteiger partial charge is 0.394 e. The Morgan fingerprint density at radius 2 is 2.00 bits per heavy atom. The van der Waals surface area contributed by atoms with E-state index in [9.17, 15) is 4.39 Å². The molecule has 1 aromatic carbocycles. The van der Waals surface area contributed by atoms with Crippen LogP contribution < -0.4 is 11.1 Å². The van der Waals surface area contributed by atoms with Gasteiger partial charge in [0.05, 0.1) is 11.4 Å². The third kappa shape index (κ3) is 2.45. The van der Waals surface area contributed by atoms with Crippen LogP contribution in [0.3, 0.4) is 0 Å². The fraction of sp³-hybridized carbons (Fsp3) is 0.308. The van der Waals surface area contributed by atoms with E-state index in [0.29, 0.717) is 5.69 Å². The maximum absolute atomic E-state index is 12.8. The van der Waals surface area contributed by atoms with E-state index in [0.717, 1.165) is 30.0 Å². The van der Waals surface area contributed by atoms with Crippen LogP contribution in [0.25, 0.3) is 0 Å². The van der Waals surface area contributed by atoms with Crippen LogP contribution in [0.1, 0.15) is 19.0 Å². The molecule has 0 saturated carbocycles. The van der Waals surface area contributed by atoms with E-state index in [1.807, 2.05) is 7.05 Å². The van der Waals surface area contributed by atoms with E-state index in [1.54, 1.807) is 16.8 Å². The van der Waals surface area contributed by atoms with E-state index in [2.05, 4.69) is 17.3 Å². The lowest BCUT2D eigenvalue weighted by atomic mass is 10.2. The summed E-state index contributed by atoms with van der Waals surface area (Å²) in [4.78, 5) is 0. The van der Waals surface area contributed by atoms with Crippen molar-refractivity contribution in [1.29, 1.82) is 0 Å². The van der Waals surface area contributed by atoms with Gasteiger partial charge in [0.2, 0.25) is 0 Å². The molecule has 4 nitrogen and oxygen atoms in total. The van der Waals surface area contributed by atoms with Crippen LogP contribution in [0.2, 0.25) is 0 Å². The van der Waals surface area contributed by atoms with Gasteiger partial charge >= 0.3 is 0 Å². The summed E-state index contributed by atoms with van der Waals surface area (Å²) in [5.74, 6) is 0.482. The second kappa shape index (κ2) is 5.08. The van der Waals surface area contributed by atoms with Gasteiger partial charge in [0, 0.05) is 12.7 Å². The number of halogens is 1. The zero-order valence-electron chi connectivity index (χ0n) is 10.6. The monoisotopic (exact) mass is 248 g/mol. The molecule has 2 rings (SSSR count). The standard InChI is InChI=1S/C13H17FN4/c1-3-4-11-12(15)13(18(2)17-11)16-10-7-5-9(14)6-8-10/h5-8,16H,3-4,15H2,1-2H3. The molecule has 0 unspecified atom stereocenters. The number of nitrogens with one attached hydrogen (secondary N) is 1. The van der Waals surface area contributed by atoms with Crippen LogP contribution in [-0.4, -0.2) is 9.78 Å². The van der Waals surface area contributed by atoms with Crippen molar-refractivity contribution in [1.82, 2.24) is 9.78 Å². The number of anilines is 3. The van der Waals surface area contributed by atoms with Crippen molar-refractivity contribution in [3.05, 3.63) is 35.8 Å². The second-order valence-corrected chi connectivity index (χ2v) is 4.21. The molecule has 0 radical (unpaired) electrons. The Kier molecular flexibility index (Phi) is 3.50. The van der Waals surface area contributed by atoms with E-state index in [1.165, 1.54) is 12.1 Å². The van der Waals surface area contributed by atoms with Gasteiger partial charge in [-0.1, -0.05) is 13.3 Å². The summed E-state index contributed by atoms with van der Waals surface area (Å²) in [5, 5.41) is 7.52. The number of hydrogen-bond acceptors (Lipinski definition) is 3. The summed E-state index contributed by atoms with van der Waals surface area (Å²) in [6, 6.07) is 6.15. The first-order chi connectivity index (χ1) is 8.61. The van der Waals surface area contributed by atoms with Crippen molar-refractivity contribution < 1.29 is 4.39 Å². The lowest BCUT2D eigenvalue weighted by Crippen LogP contribution is -2.01. The Morgan fingerprint density at radius 3 is 2.61 bits per heavy atom. The molecular formula is C13H17FN4. The molecule has 0 fully saturated rings. The molecule has 96 valence electrons. The van der Waals surface area contributed by atoms with E-state index < -0.39 is 0 Å². The highest BCUT2D eigenvalue weighted by atomic mass is 19.1. The molecule has 0 amide bonds. The number of nitrogen functional groups attached to an aromatic ring is 1. The van der Waals surface area contributed by atoms with Gasteiger partial charge in [0.15, 0.2) is 5.82 Å². The number of aromatic nitrogens is 2. The Labute approximate surface area is 106 Å². The first kappa shape index (κ1) is 12.4. The molecule has 2 aromatic rings. The SMILES string of the molecule is CCCc1nn(C)c(Nc2ccc(F)cc2)c1N. The molecule has 0 atom stereocenters. The molecule has 0 saturated heterocycles. The Morgan fingerprint density at radius 1 is 1.33 bits per heavy atom. The number of hydrogen-bond donors (Lipinski definition) is 2. The highest BCUT2D eigenvalue weighted by molar-refractivity contribution is 5.71. The third-order valence-electron chi connectivity index (χ3n) is 2.75. The number of nitrogens with zero attached hydrogens (tertiary/aromatic N) is 2. The van der Waals surface area contributed by atoms with Crippen LogP contribution in [0.15, 0.2) is 24.3 Å². The first-order valence-electron chi connectivity index (χ1n) is 5.95. The molecule has 0 aliphatic carbocycles. The quantitative estimate of drug-likeness (QED) is 0.874. The number of rotatable bonds is 4. The van der Waals surface area contributed by atoms with E-state index in [-0.39, 0.29) is 5.82 Å². The third-order valence-corrected chi connectivity index (χ3v) is 2.75. The summed E-state index contributed by atoms with van der Waals surface area (Å²) < 4.78 is 14.5. The molecule has 3 N–H and O–H groups in total. The minimum Gasteiger partial charge on any atom is -0.394 e. The molecule has 0 aliphatic heterocycles. The molecule has 0 bridgehead atoms. The average molecular weight is 248 g/mol. The number of benzene rings is 1. The van der Waals surface area contributed by atoms with Gasteiger partial charge in [-0.2, -0.15) is 5.10 Å². The van der Waals surface area contributed by atoms with Gasteiger partial charge in [-0.3, -0.25) is 4.68 Å². The number of nitrogens with two attached hydrogens (primary N) is 1. The maximum atomic E-state index is 12.8. The molecule has 1 aromatic heterocycles. The summed E-state index contributed by atoms with van der Waals surface area (Å²) >= 11 is 0. The summed E-state index contributed by atoms with van der Waals surface area (Å²) in [6.07, 6.45) is 1.85. The van der Waals surface area contributed by atoms with Crippen LogP contribution >= 0.6 is 0 Å². The fourth-order valence-electron chi connectivity index (χ4n) is 1.84. The minimum atomic E-state index is -0.259. The van der Waals surface area contributed by atoms with Crippen LogP contribution in [-0.2, 0) is 13.5 Å². The maximum Gasteiger partial charge on any atom is 0.152 e. The molecular weight excluding hydrogens is 231 g/mol. The molecule has 1 heterocycles. The topological polar surface area (TPSA) is 55.9 Å². The van der Waals surface area contributed by atoms with Gasteiger partial charge in [0.25, 0.3) is 0 Å². The lowest BCUT2D eigenvalue weighted by Gasteiger charge is -2.07. The highest BCUT2D eigenvalue weighted by Gasteiger charge is 2.12. The zero-order valence-corrected chi connectivity index (χ0v) is 10.6. The average Bonchev–Trinajstić information content (AvgIpc) is 2.60. The number of aryl methyl sites for hydroxylation is 2. The first-order valence-corrected chi connectivity index (χ1v) is 5.95. The van der Waals surface area contributed by atoms with Gasteiger partial charge in [-0.25, -0.2) is 4.39 Å². The second-order valence-electron chi connectivity index (χ2n) is 4.21. The van der Waals surface area contributed by atoms with Crippen LogP contribution in [0.4, 0.5) is 21.6 Å². The Bertz CT molecular complexity index is 531. The highest BCUT2D eigenvalue weighted by Crippen LogP contribution is 2.26. The molecule has 0 aliphatic rings. The van der Waals surface area contributed by atoms with Crippen LogP contribution in [0, 0.1) is 5.82 Å². The van der Waals surface area contributed by atoms with Crippen molar-refractivity contribution in [2.75, 3.05) is 11.1 Å². The molecule has 5 heteroatoms. The van der Waals surface area contributed by atoms with Gasteiger partial charge in [0.1, 0.15) is 5.82 Å². The normalized spacial score (nSPS) is 10.6. The predicted octanol–water partition coefficient (Wildman–Crippen LogP) is 2.84.